The van der Waals surface area contributed by atoms with Crippen LogP contribution in [0.3, 0.4) is 0 Å². The van der Waals surface area contributed by atoms with Gasteiger partial charge in [-0.25, -0.2) is 0 Å². The Morgan fingerprint density at radius 3 is 2.67 bits per heavy atom. The van der Waals surface area contributed by atoms with Crippen LogP contribution in [0.15, 0.2) is 42.0 Å². The van der Waals surface area contributed by atoms with Gasteiger partial charge in [-0.2, -0.15) is 0 Å². The van der Waals surface area contributed by atoms with E-state index in [1.165, 1.54) is 11.3 Å². The van der Waals surface area contributed by atoms with Crippen LogP contribution in [-0.2, 0) is 0 Å². The largest absolute Gasteiger partial charge is 0.293 e. The van der Waals surface area contributed by atoms with Gasteiger partial charge >= 0.3 is 0 Å². The summed E-state index contributed by atoms with van der Waals surface area (Å²) in [5.74, 6) is 0.0860. The molecule has 0 aliphatic carbocycles. The van der Waals surface area contributed by atoms with Gasteiger partial charge in [0.15, 0.2) is 5.78 Å². The molecule has 0 N–H and O–H groups in total. The lowest BCUT2D eigenvalue weighted by atomic mass is 9.97. The van der Waals surface area contributed by atoms with Gasteiger partial charge in [-0.15, -0.1) is 11.3 Å². The third-order valence-electron chi connectivity index (χ3n) is 2.36. The third-order valence-corrected chi connectivity index (χ3v) is 3.25. The van der Waals surface area contributed by atoms with Crippen molar-refractivity contribution in [1.29, 1.82) is 0 Å². The van der Waals surface area contributed by atoms with Gasteiger partial charge < -0.3 is 0 Å². The van der Waals surface area contributed by atoms with Gasteiger partial charge in [-0.3, -0.25) is 9.78 Å². The topological polar surface area (TPSA) is 30.0 Å². The number of carbonyl (C=O) groups is 1. The molecular formula is C12H11NOS. The molecule has 0 aliphatic rings. The summed E-state index contributed by atoms with van der Waals surface area (Å²) in [5.41, 5.74) is 1.02. The number of carbonyl (C=O) groups excluding carboxylic acids is 1. The van der Waals surface area contributed by atoms with Crippen LogP contribution >= 0.6 is 11.3 Å². The molecular weight excluding hydrogens is 206 g/mol. The smallest absolute Gasteiger partial charge is 0.179 e. The molecule has 0 saturated heterocycles. The predicted molar refractivity (Wildman–Crippen MR) is 61.3 cm³/mol. The van der Waals surface area contributed by atoms with Crippen molar-refractivity contribution < 1.29 is 4.79 Å². The molecule has 0 spiro atoms. The van der Waals surface area contributed by atoms with Crippen molar-refractivity contribution in [3.05, 3.63) is 52.5 Å². The van der Waals surface area contributed by atoms with Crippen LogP contribution in [0.25, 0.3) is 0 Å². The Bertz CT molecular complexity index is 436. The van der Waals surface area contributed by atoms with E-state index in [2.05, 4.69) is 4.98 Å². The van der Waals surface area contributed by atoms with Gasteiger partial charge in [-0.1, -0.05) is 13.0 Å². The summed E-state index contributed by atoms with van der Waals surface area (Å²) < 4.78 is 0. The minimum atomic E-state index is -0.0911. The lowest BCUT2D eigenvalue weighted by molar-refractivity contribution is 0.0970. The lowest BCUT2D eigenvalue weighted by Gasteiger charge is -2.08. The number of thiophene rings is 1. The summed E-state index contributed by atoms with van der Waals surface area (Å²) in [6.45, 7) is 1.93. The molecule has 2 heterocycles. The Morgan fingerprint density at radius 2 is 2.07 bits per heavy atom. The number of hydrogen-bond donors (Lipinski definition) is 0. The molecule has 1 unspecified atom stereocenters. The number of rotatable bonds is 3. The highest BCUT2D eigenvalue weighted by atomic mass is 32.1. The number of aromatic nitrogens is 1. The molecule has 0 aliphatic heterocycles. The van der Waals surface area contributed by atoms with Crippen LogP contribution in [0.2, 0.25) is 0 Å². The second kappa shape index (κ2) is 4.36. The zero-order valence-electron chi connectivity index (χ0n) is 8.38. The van der Waals surface area contributed by atoms with E-state index in [0.717, 1.165) is 10.4 Å². The van der Waals surface area contributed by atoms with Crippen molar-refractivity contribution in [2.75, 3.05) is 0 Å². The van der Waals surface area contributed by atoms with Gasteiger partial charge in [0.2, 0.25) is 0 Å². The highest BCUT2D eigenvalue weighted by Crippen LogP contribution is 2.22. The quantitative estimate of drug-likeness (QED) is 0.739. The van der Waals surface area contributed by atoms with E-state index in [0.29, 0.717) is 0 Å². The van der Waals surface area contributed by atoms with E-state index < -0.39 is 0 Å². The fourth-order valence-electron chi connectivity index (χ4n) is 1.44. The molecule has 1 atom stereocenters. The van der Waals surface area contributed by atoms with Gasteiger partial charge in [0, 0.05) is 18.3 Å². The average Bonchev–Trinajstić information content (AvgIpc) is 2.82. The Morgan fingerprint density at radius 1 is 1.33 bits per heavy atom. The molecule has 0 saturated carbocycles. The first kappa shape index (κ1) is 10.1. The number of ketones is 1. The number of Topliss-reactive ketones (excluding diaryl/α,β-unsaturated/α-hetero) is 1. The molecule has 2 aromatic heterocycles. The normalized spacial score (nSPS) is 12.3. The molecule has 2 aromatic rings. The number of hydrogen-bond acceptors (Lipinski definition) is 3. The first-order chi connectivity index (χ1) is 7.29. The average molecular weight is 217 g/mol. The first-order valence-electron chi connectivity index (χ1n) is 4.76. The molecule has 0 aromatic carbocycles. The standard InChI is InChI=1S/C12H11NOS/c1-9(10-4-6-13-7-5-10)12(14)11-3-2-8-15-11/h2-9H,1H3. The molecule has 2 rings (SSSR count). The first-order valence-corrected chi connectivity index (χ1v) is 5.64. The fraction of sp³-hybridized carbons (Fsp3) is 0.167. The highest BCUT2D eigenvalue weighted by molar-refractivity contribution is 7.12. The zero-order chi connectivity index (χ0) is 10.7. The predicted octanol–water partition coefficient (Wildman–Crippen LogP) is 3.13. The minimum Gasteiger partial charge on any atom is -0.293 e. The lowest BCUT2D eigenvalue weighted by Crippen LogP contribution is -2.07. The van der Waals surface area contributed by atoms with Crippen LogP contribution in [0.5, 0.6) is 0 Å². The summed E-state index contributed by atoms with van der Waals surface area (Å²) in [6, 6.07) is 7.54. The molecule has 76 valence electrons. The van der Waals surface area contributed by atoms with Crippen molar-refractivity contribution in [3.63, 3.8) is 0 Å². The van der Waals surface area contributed by atoms with Gasteiger partial charge in [-0.05, 0) is 29.1 Å². The Labute approximate surface area is 92.6 Å². The Hall–Kier alpha value is -1.48. The molecule has 3 heteroatoms. The molecule has 2 nitrogen and oxygen atoms in total. The van der Waals surface area contributed by atoms with Gasteiger partial charge in [0.1, 0.15) is 0 Å². The third kappa shape index (κ3) is 2.13. The van der Waals surface area contributed by atoms with Crippen LogP contribution in [-0.4, -0.2) is 10.8 Å². The summed E-state index contributed by atoms with van der Waals surface area (Å²) in [5, 5.41) is 1.92. The summed E-state index contributed by atoms with van der Waals surface area (Å²) in [6.07, 6.45) is 3.43. The van der Waals surface area contributed by atoms with Crippen molar-refractivity contribution in [1.82, 2.24) is 4.98 Å². The van der Waals surface area contributed by atoms with E-state index in [1.807, 2.05) is 36.6 Å². The van der Waals surface area contributed by atoms with Gasteiger partial charge in [0.05, 0.1) is 4.88 Å². The number of nitrogens with zero attached hydrogens (tertiary/aromatic N) is 1. The highest BCUT2D eigenvalue weighted by Gasteiger charge is 2.17. The van der Waals surface area contributed by atoms with E-state index in [4.69, 9.17) is 0 Å². The van der Waals surface area contributed by atoms with Crippen LogP contribution < -0.4 is 0 Å². The Kier molecular flexibility index (Phi) is 2.92. The van der Waals surface area contributed by atoms with Crippen LogP contribution in [0.4, 0.5) is 0 Å². The summed E-state index contributed by atoms with van der Waals surface area (Å²) in [4.78, 5) is 16.8. The molecule has 0 radical (unpaired) electrons. The van der Waals surface area contributed by atoms with Gasteiger partial charge in [0.25, 0.3) is 0 Å². The van der Waals surface area contributed by atoms with E-state index in [9.17, 15) is 4.79 Å². The van der Waals surface area contributed by atoms with E-state index in [1.54, 1.807) is 12.4 Å². The second-order valence-electron chi connectivity index (χ2n) is 3.34. The van der Waals surface area contributed by atoms with Crippen LogP contribution in [0, 0.1) is 0 Å². The summed E-state index contributed by atoms with van der Waals surface area (Å²) in [7, 11) is 0. The van der Waals surface area contributed by atoms with Crippen LogP contribution in [0.1, 0.15) is 28.1 Å². The molecule has 15 heavy (non-hydrogen) atoms. The van der Waals surface area contributed by atoms with E-state index in [-0.39, 0.29) is 11.7 Å². The zero-order valence-corrected chi connectivity index (χ0v) is 9.20. The SMILES string of the molecule is CC(C(=O)c1cccs1)c1ccncc1. The maximum Gasteiger partial charge on any atom is 0.179 e. The molecule has 0 fully saturated rings. The number of pyridine rings is 1. The fourth-order valence-corrected chi connectivity index (χ4v) is 2.19. The van der Waals surface area contributed by atoms with Crippen molar-refractivity contribution in [3.8, 4) is 0 Å². The molecule has 0 amide bonds. The van der Waals surface area contributed by atoms with Crippen molar-refractivity contribution in [2.45, 2.75) is 12.8 Å². The Balaban J connectivity index is 2.23. The molecule has 0 bridgehead atoms. The van der Waals surface area contributed by atoms with E-state index >= 15 is 0 Å². The van der Waals surface area contributed by atoms with Crippen molar-refractivity contribution in [2.24, 2.45) is 0 Å². The van der Waals surface area contributed by atoms with Crippen molar-refractivity contribution >= 4 is 17.1 Å². The monoisotopic (exact) mass is 217 g/mol. The minimum absolute atomic E-state index is 0.0911. The maximum atomic E-state index is 12.0. The summed E-state index contributed by atoms with van der Waals surface area (Å²) >= 11 is 1.49. The maximum absolute atomic E-state index is 12.0. The second-order valence-corrected chi connectivity index (χ2v) is 4.29.